The van der Waals surface area contributed by atoms with E-state index in [1.54, 1.807) is 19.1 Å². The summed E-state index contributed by atoms with van der Waals surface area (Å²) in [5, 5.41) is 7.97. The number of nitrogens with zero attached hydrogens (tertiary/aromatic N) is 3. The summed E-state index contributed by atoms with van der Waals surface area (Å²) >= 11 is 1.08. The summed E-state index contributed by atoms with van der Waals surface area (Å²) in [6, 6.07) is 12.4. The summed E-state index contributed by atoms with van der Waals surface area (Å²) in [7, 11) is 1.29. The number of carbonyl (C=O) groups excluding carboxylic acids is 1. The summed E-state index contributed by atoms with van der Waals surface area (Å²) in [5.74, 6) is -1.49. The van der Waals surface area contributed by atoms with E-state index in [1.165, 1.54) is 17.7 Å². The molecule has 0 aliphatic carbocycles. The number of methoxy groups -OCH3 is 1. The smallest absolute Gasteiger partial charge is 0.318 e. The third-order valence-corrected chi connectivity index (χ3v) is 4.65. The van der Waals surface area contributed by atoms with Crippen LogP contribution in [0.25, 0.3) is 17.1 Å². The lowest BCUT2D eigenvalue weighted by Gasteiger charge is -2.13. The number of esters is 1. The van der Waals surface area contributed by atoms with E-state index < -0.39 is 22.9 Å². The molecule has 0 saturated carbocycles. The number of ether oxygens (including phenoxy) is 1. The Kier molecular flexibility index (Phi) is 5.32. The molecule has 2 aromatic carbocycles. The zero-order chi connectivity index (χ0) is 18.7. The molecule has 0 bridgehead atoms. The van der Waals surface area contributed by atoms with Crippen molar-refractivity contribution in [1.82, 2.24) is 14.8 Å². The summed E-state index contributed by atoms with van der Waals surface area (Å²) in [6.45, 7) is 1.65. The molecule has 1 aromatic heterocycles. The van der Waals surface area contributed by atoms with Crippen molar-refractivity contribution in [3.05, 3.63) is 60.2 Å². The molecular formula is C18H15F2N3O2S. The molecule has 0 aliphatic rings. The van der Waals surface area contributed by atoms with E-state index in [9.17, 15) is 13.6 Å². The normalized spacial score (nSPS) is 12.0. The van der Waals surface area contributed by atoms with Gasteiger partial charge >= 0.3 is 5.97 Å². The number of aromatic nitrogens is 3. The fourth-order valence-corrected chi connectivity index (χ4v) is 3.26. The van der Waals surface area contributed by atoms with Gasteiger partial charge in [-0.05, 0) is 19.1 Å². The Morgan fingerprint density at radius 1 is 1.15 bits per heavy atom. The Bertz CT molecular complexity index is 931. The van der Waals surface area contributed by atoms with Gasteiger partial charge in [-0.3, -0.25) is 9.36 Å². The molecule has 26 heavy (non-hydrogen) atoms. The topological polar surface area (TPSA) is 57.0 Å². The lowest BCUT2D eigenvalue weighted by Crippen LogP contribution is -2.15. The van der Waals surface area contributed by atoms with E-state index in [2.05, 4.69) is 10.2 Å². The highest BCUT2D eigenvalue weighted by atomic mass is 32.2. The molecule has 0 spiro atoms. The van der Waals surface area contributed by atoms with Crippen molar-refractivity contribution in [2.45, 2.75) is 17.3 Å². The van der Waals surface area contributed by atoms with E-state index in [0.29, 0.717) is 16.5 Å². The number of hydrogen-bond donors (Lipinski definition) is 0. The number of benzene rings is 2. The maximum Gasteiger partial charge on any atom is 0.318 e. The SMILES string of the molecule is COC(=O)[C@@H](C)Sc1nnc(-c2ccccc2)n1-c1ccc(F)cc1F. The average molecular weight is 375 g/mol. The van der Waals surface area contributed by atoms with Gasteiger partial charge in [0.05, 0.1) is 12.8 Å². The number of thioether (sulfide) groups is 1. The van der Waals surface area contributed by atoms with E-state index in [0.717, 1.165) is 23.9 Å². The first-order valence-electron chi connectivity index (χ1n) is 7.72. The maximum atomic E-state index is 14.4. The number of halogens is 2. The van der Waals surface area contributed by atoms with Crippen LogP contribution in [0.15, 0.2) is 53.7 Å². The predicted octanol–water partition coefficient (Wildman–Crippen LogP) is 3.87. The molecule has 0 unspecified atom stereocenters. The van der Waals surface area contributed by atoms with Crippen LogP contribution in [0.1, 0.15) is 6.92 Å². The van der Waals surface area contributed by atoms with E-state index >= 15 is 0 Å². The fourth-order valence-electron chi connectivity index (χ4n) is 2.37. The Balaban J connectivity index is 2.14. The van der Waals surface area contributed by atoms with Gasteiger partial charge in [0.2, 0.25) is 0 Å². The highest BCUT2D eigenvalue weighted by Gasteiger charge is 2.23. The average Bonchev–Trinajstić information content (AvgIpc) is 3.05. The number of rotatable bonds is 5. The Morgan fingerprint density at radius 2 is 1.88 bits per heavy atom. The minimum atomic E-state index is -0.755. The van der Waals surface area contributed by atoms with Crippen LogP contribution in [0.2, 0.25) is 0 Å². The number of hydrogen-bond acceptors (Lipinski definition) is 5. The number of carbonyl (C=O) groups is 1. The molecule has 0 saturated heterocycles. The molecule has 0 fully saturated rings. The summed E-state index contributed by atoms with van der Waals surface area (Å²) in [6.07, 6.45) is 0. The largest absolute Gasteiger partial charge is 0.468 e. The van der Waals surface area contributed by atoms with Crippen molar-refractivity contribution in [1.29, 1.82) is 0 Å². The molecule has 0 aliphatic heterocycles. The molecular weight excluding hydrogens is 360 g/mol. The monoisotopic (exact) mass is 375 g/mol. The van der Waals surface area contributed by atoms with Gasteiger partial charge in [0.15, 0.2) is 11.0 Å². The van der Waals surface area contributed by atoms with Crippen LogP contribution >= 0.6 is 11.8 Å². The van der Waals surface area contributed by atoms with Crippen LogP contribution in [-0.4, -0.2) is 33.1 Å². The molecule has 0 amide bonds. The highest BCUT2D eigenvalue weighted by molar-refractivity contribution is 8.00. The van der Waals surface area contributed by atoms with Crippen LogP contribution in [0, 0.1) is 11.6 Å². The van der Waals surface area contributed by atoms with E-state index in [4.69, 9.17) is 4.74 Å². The van der Waals surface area contributed by atoms with Crippen molar-refractivity contribution >= 4 is 17.7 Å². The molecule has 0 radical (unpaired) electrons. The van der Waals surface area contributed by atoms with Gasteiger partial charge in [-0.2, -0.15) is 0 Å². The third kappa shape index (κ3) is 3.60. The van der Waals surface area contributed by atoms with Crippen LogP contribution in [0.3, 0.4) is 0 Å². The molecule has 5 nitrogen and oxygen atoms in total. The van der Waals surface area contributed by atoms with Gasteiger partial charge in [0, 0.05) is 11.6 Å². The summed E-state index contributed by atoms with van der Waals surface area (Å²) in [4.78, 5) is 11.7. The molecule has 8 heteroatoms. The second-order valence-electron chi connectivity index (χ2n) is 5.39. The Hall–Kier alpha value is -2.74. The van der Waals surface area contributed by atoms with Crippen molar-refractivity contribution in [2.75, 3.05) is 7.11 Å². The van der Waals surface area contributed by atoms with Crippen LogP contribution in [-0.2, 0) is 9.53 Å². The molecule has 1 heterocycles. The third-order valence-electron chi connectivity index (χ3n) is 3.63. The highest BCUT2D eigenvalue weighted by Crippen LogP contribution is 2.31. The van der Waals surface area contributed by atoms with Gasteiger partial charge in [-0.25, -0.2) is 8.78 Å². The van der Waals surface area contributed by atoms with Crippen LogP contribution < -0.4 is 0 Å². The lowest BCUT2D eigenvalue weighted by atomic mass is 10.2. The maximum absolute atomic E-state index is 14.4. The molecule has 0 N–H and O–H groups in total. The zero-order valence-electron chi connectivity index (χ0n) is 14.0. The Labute approximate surface area is 153 Å². The molecule has 3 aromatic rings. The van der Waals surface area contributed by atoms with Gasteiger partial charge in [0.25, 0.3) is 0 Å². The molecule has 134 valence electrons. The standard InChI is InChI=1S/C18H15F2N3O2S/c1-11(17(24)25-2)26-18-22-21-16(12-6-4-3-5-7-12)23(18)15-9-8-13(19)10-14(15)20/h3-11H,1-2H3/t11-/m1/s1. The van der Waals surface area contributed by atoms with Gasteiger partial charge in [-0.1, -0.05) is 42.1 Å². The summed E-state index contributed by atoms with van der Waals surface area (Å²) in [5.41, 5.74) is 0.802. The minimum Gasteiger partial charge on any atom is -0.468 e. The van der Waals surface area contributed by atoms with Crippen LogP contribution in [0.5, 0.6) is 0 Å². The first-order valence-corrected chi connectivity index (χ1v) is 8.60. The molecule has 3 rings (SSSR count). The first-order chi connectivity index (χ1) is 12.5. The van der Waals surface area contributed by atoms with E-state index in [1.807, 2.05) is 18.2 Å². The Morgan fingerprint density at radius 3 is 2.54 bits per heavy atom. The summed E-state index contributed by atoms with van der Waals surface area (Å²) < 4.78 is 33.9. The van der Waals surface area contributed by atoms with Gasteiger partial charge in [-0.15, -0.1) is 10.2 Å². The lowest BCUT2D eigenvalue weighted by molar-refractivity contribution is -0.139. The van der Waals surface area contributed by atoms with Crippen molar-refractivity contribution < 1.29 is 18.3 Å². The fraction of sp³-hybridized carbons (Fsp3) is 0.167. The second-order valence-corrected chi connectivity index (χ2v) is 6.69. The minimum absolute atomic E-state index is 0.0924. The van der Waals surface area contributed by atoms with Crippen molar-refractivity contribution in [3.8, 4) is 17.1 Å². The predicted molar refractivity (Wildman–Crippen MR) is 94.0 cm³/mol. The van der Waals surface area contributed by atoms with Gasteiger partial charge < -0.3 is 4.74 Å². The van der Waals surface area contributed by atoms with Crippen molar-refractivity contribution in [2.24, 2.45) is 0 Å². The van der Waals surface area contributed by atoms with Gasteiger partial charge in [0.1, 0.15) is 16.9 Å². The van der Waals surface area contributed by atoms with Crippen LogP contribution in [0.4, 0.5) is 8.78 Å². The quantitative estimate of drug-likeness (QED) is 0.501. The molecule has 1 atom stereocenters. The van der Waals surface area contributed by atoms with Crippen molar-refractivity contribution in [3.63, 3.8) is 0 Å². The second kappa shape index (κ2) is 7.65. The first kappa shape index (κ1) is 18.1. The zero-order valence-corrected chi connectivity index (χ0v) is 14.8. The van der Waals surface area contributed by atoms with E-state index in [-0.39, 0.29) is 5.69 Å².